The topological polar surface area (TPSA) is 110 Å². The summed E-state index contributed by atoms with van der Waals surface area (Å²) in [4.78, 5) is 37.7. The molecular weight excluding hydrogens is 456 g/mol. The Kier molecular flexibility index (Phi) is 7.22. The molecule has 8 nitrogen and oxygen atoms in total. The molecule has 1 aromatic heterocycles. The van der Waals surface area contributed by atoms with Gasteiger partial charge in [-0.2, -0.15) is 0 Å². The van der Waals surface area contributed by atoms with Crippen molar-refractivity contribution in [3.8, 4) is 15.5 Å². The Morgan fingerprint density at radius 2 is 1.76 bits per heavy atom. The van der Waals surface area contributed by atoms with Crippen LogP contribution in [0.1, 0.15) is 37.7 Å². The number of carboxylic acid groups (broad SMARTS) is 1. The summed E-state index contributed by atoms with van der Waals surface area (Å²) in [5, 5.41) is 20.4. The predicted molar refractivity (Wildman–Crippen MR) is 129 cm³/mol. The molecule has 1 amide bonds. The minimum absolute atomic E-state index is 0.0376. The zero-order valence-electron chi connectivity index (χ0n) is 18.4. The highest BCUT2D eigenvalue weighted by Crippen LogP contribution is 2.44. The Balaban J connectivity index is 1.71. The minimum atomic E-state index is -1.46. The monoisotopic (exact) mass is 480 g/mol. The van der Waals surface area contributed by atoms with E-state index < -0.39 is 11.1 Å². The Morgan fingerprint density at radius 3 is 2.38 bits per heavy atom. The second-order valence-corrected chi connectivity index (χ2v) is 9.29. The fraction of sp³-hybridized carbons (Fsp3) is 0.280. The zero-order chi connectivity index (χ0) is 24.1. The molecule has 1 aliphatic rings. The molecule has 0 unspecified atom stereocenters. The summed E-state index contributed by atoms with van der Waals surface area (Å²) >= 11 is 1.16. The van der Waals surface area contributed by atoms with E-state index >= 15 is 0 Å². The zero-order valence-corrected chi connectivity index (χ0v) is 19.2. The van der Waals surface area contributed by atoms with Crippen LogP contribution in [0.4, 0.5) is 16.2 Å². The molecule has 1 fully saturated rings. The van der Waals surface area contributed by atoms with Crippen LogP contribution in [0, 0.1) is 16.0 Å². The molecule has 0 radical (unpaired) electrons. The first-order chi connectivity index (χ1) is 16.4. The van der Waals surface area contributed by atoms with E-state index in [4.69, 9.17) is 4.74 Å². The van der Waals surface area contributed by atoms with E-state index in [0.717, 1.165) is 47.5 Å². The van der Waals surface area contributed by atoms with Crippen LogP contribution >= 0.6 is 11.3 Å². The number of hydrogen-bond donors (Lipinski definition) is 1. The number of rotatable bonds is 8. The Morgan fingerprint density at radius 1 is 1.09 bits per heavy atom. The van der Waals surface area contributed by atoms with Crippen molar-refractivity contribution in [1.82, 2.24) is 0 Å². The lowest BCUT2D eigenvalue weighted by atomic mass is 10.0. The van der Waals surface area contributed by atoms with Gasteiger partial charge in [0.25, 0.3) is 5.69 Å². The lowest BCUT2D eigenvalue weighted by Gasteiger charge is -2.24. The number of carbonyl (C=O) groups is 2. The average molecular weight is 481 g/mol. The van der Waals surface area contributed by atoms with Crippen LogP contribution < -0.4 is 9.64 Å². The maximum absolute atomic E-state index is 13.5. The normalized spacial score (nSPS) is 13.5. The van der Waals surface area contributed by atoms with Gasteiger partial charge in [0.2, 0.25) is 11.0 Å². The first-order valence-electron chi connectivity index (χ1n) is 11.0. The molecule has 9 heteroatoms. The number of ether oxygens (including phenoxy) is 1. The quantitative estimate of drug-likeness (QED) is 0.224. The van der Waals surface area contributed by atoms with E-state index in [2.05, 4.69) is 0 Å². The average Bonchev–Trinajstić information content (AvgIpc) is 3.48. The molecule has 0 spiro atoms. The van der Waals surface area contributed by atoms with Crippen LogP contribution in [0.5, 0.6) is 5.06 Å². The Hall–Kier alpha value is -3.72. The molecule has 3 aromatic rings. The van der Waals surface area contributed by atoms with Gasteiger partial charge in [-0.1, -0.05) is 66.6 Å². The van der Waals surface area contributed by atoms with Crippen molar-refractivity contribution >= 4 is 34.8 Å². The molecule has 1 N–H and O–H groups in total. The molecule has 2 aromatic carbocycles. The van der Waals surface area contributed by atoms with Gasteiger partial charge in [-0.15, -0.1) is 0 Å². The van der Waals surface area contributed by atoms with Gasteiger partial charge in [-0.3, -0.25) is 14.9 Å². The summed E-state index contributed by atoms with van der Waals surface area (Å²) in [6.07, 6.45) is 3.09. The van der Waals surface area contributed by atoms with E-state index in [1.165, 1.54) is 12.1 Å². The third-order valence-electron chi connectivity index (χ3n) is 5.94. The Bertz CT molecular complexity index is 1170. The van der Waals surface area contributed by atoms with Crippen molar-refractivity contribution in [2.45, 2.75) is 38.6 Å². The van der Waals surface area contributed by atoms with Crippen LogP contribution in [0.3, 0.4) is 0 Å². The molecule has 1 heterocycles. The maximum Gasteiger partial charge on any atom is 0.512 e. The summed E-state index contributed by atoms with van der Waals surface area (Å²) in [6.45, 7) is 0.143. The van der Waals surface area contributed by atoms with E-state index in [1.54, 1.807) is 23.1 Å². The van der Waals surface area contributed by atoms with Crippen molar-refractivity contribution in [1.29, 1.82) is 0 Å². The summed E-state index contributed by atoms with van der Waals surface area (Å²) in [7, 11) is 0. The SMILES string of the molecule is O=C(O)Oc1sc(-c2ccccc2)cc1N(Cc1ccc([N+](=O)[O-])cc1)C(=O)CC1CCCC1. The molecular formula is C25H24N2O6S. The smallest absolute Gasteiger partial charge is 0.449 e. The van der Waals surface area contributed by atoms with Crippen LogP contribution in [0.25, 0.3) is 10.4 Å². The van der Waals surface area contributed by atoms with Gasteiger partial charge >= 0.3 is 6.16 Å². The number of benzene rings is 2. The largest absolute Gasteiger partial charge is 0.512 e. The Labute approximate surface area is 200 Å². The van der Waals surface area contributed by atoms with Crippen LogP contribution in [-0.4, -0.2) is 22.1 Å². The number of anilines is 1. The summed E-state index contributed by atoms with van der Waals surface area (Å²) in [6, 6.07) is 17.2. The minimum Gasteiger partial charge on any atom is -0.449 e. The molecule has 176 valence electrons. The fourth-order valence-electron chi connectivity index (χ4n) is 4.23. The second kappa shape index (κ2) is 10.5. The van der Waals surface area contributed by atoms with Gasteiger partial charge in [-0.25, -0.2) is 4.79 Å². The molecule has 1 saturated carbocycles. The number of carbonyl (C=O) groups excluding carboxylic acids is 1. The number of thiophene rings is 1. The van der Waals surface area contributed by atoms with Crippen LogP contribution in [-0.2, 0) is 11.3 Å². The standard InChI is InChI=1S/C25H24N2O6S/c28-23(14-17-6-4-5-7-17)26(16-18-10-12-20(13-11-18)27(31)32)21-15-22(19-8-2-1-3-9-19)34-24(21)33-25(29)30/h1-3,8-13,15,17H,4-7,14,16H2,(H,29,30). The predicted octanol–water partition coefficient (Wildman–Crippen LogP) is 6.49. The van der Waals surface area contributed by atoms with Crippen molar-refractivity contribution in [3.63, 3.8) is 0 Å². The summed E-state index contributed by atoms with van der Waals surface area (Å²) in [5.41, 5.74) is 1.92. The lowest BCUT2D eigenvalue weighted by Crippen LogP contribution is -2.31. The molecule has 0 atom stereocenters. The fourth-order valence-corrected chi connectivity index (χ4v) is 5.25. The summed E-state index contributed by atoms with van der Waals surface area (Å²) < 4.78 is 5.09. The number of hydrogen-bond acceptors (Lipinski definition) is 6. The third kappa shape index (κ3) is 5.60. The third-order valence-corrected chi connectivity index (χ3v) is 6.99. The highest BCUT2D eigenvalue weighted by atomic mass is 32.1. The first-order valence-corrected chi connectivity index (χ1v) is 11.9. The van der Waals surface area contributed by atoms with Gasteiger partial charge in [0.1, 0.15) is 0 Å². The molecule has 0 aliphatic heterocycles. The highest BCUT2D eigenvalue weighted by Gasteiger charge is 2.28. The second-order valence-electron chi connectivity index (χ2n) is 8.28. The number of non-ortho nitro benzene ring substituents is 1. The van der Waals surface area contributed by atoms with Crippen molar-refractivity contribution < 1.29 is 24.4 Å². The lowest BCUT2D eigenvalue weighted by molar-refractivity contribution is -0.384. The number of nitro benzene ring substituents is 1. The van der Waals surface area contributed by atoms with Gasteiger partial charge < -0.3 is 14.7 Å². The van der Waals surface area contributed by atoms with Crippen molar-refractivity contribution in [3.05, 3.63) is 76.3 Å². The van der Waals surface area contributed by atoms with E-state index in [-0.39, 0.29) is 23.2 Å². The van der Waals surface area contributed by atoms with Crippen LogP contribution in [0.2, 0.25) is 0 Å². The van der Waals surface area contributed by atoms with E-state index in [9.17, 15) is 24.8 Å². The molecule has 34 heavy (non-hydrogen) atoms. The molecule has 1 aliphatic carbocycles. The van der Waals surface area contributed by atoms with Crippen molar-refractivity contribution in [2.24, 2.45) is 5.92 Å². The van der Waals surface area contributed by atoms with E-state index in [0.29, 0.717) is 23.6 Å². The van der Waals surface area contributed by atoms with Gasteiger partial charge in [-0.05, 0) is 36.0 Å². The van der Waals surface area contributed by atoms with Crippen molar-refractivity contribution in [2.75, 3.05) is 4.90 Å². The number of nitro groups is 1. The van der Waals surface area contributed by atoms with Crippen LogP contribution in [0.15, 0.2) is 60.7 Å². The number of nitrogens with zero attached hydrogens (tertiary/aromatic N) is 2. The molecule has 0 bridgehead atoms. The maximum atomic E-state index is 13.5. The molecule has 0 saturated heterocycles. The van der Waals surface area contributed by atoms with E-state index in [1.807, 2.05) is 30.3 Å². The molecule has 4 rings (SSSR count). The van der Waals surface area contributed by atoms with Gasteiger partial charge in [0.05, 0.1) is 17.2 Å². The first kappa shape index (κ1) is 23.4. The van der Waals surface area contributed by atoms with Gasteiger partial charge in [0.15, 0.2) is 0 Å². The van der Waals surface area contributed by atoms with Gasteiger partial charge in [0, 0.05) is 23.4 Å². The summed E-state index contributed by atoms with van der Waals surface area (Å²) in [5.74, 6) is 0.167. The number of amides is 1. The highest BCUT2D eigenvalue weighted by molar-refractivity contribution is 7.18.